The zero-order chi connectivity index (χ0) is 20.5. The minimum Gasteiger partial charge on any atom is -1.00 e. The summed E-state index contributed by atoms with van der Waals surface area (Å²) in [5, 5.41) is 0. The summed E-state index contributed by atoms with van der Waals surface area (Å²) in [5.41, 5.74) is 6.78. The van der Waals surface area contributed by atoms with E-state index in [1.54, 1.807) is 0 Å². The number of aromatic amines is 1. The second-order valence-electron chi connectivity index (χ2n) is 3.40. The number of fused-ring (bicyclic) bond motifs is 1. The molecule has 0 aliphatic carbocycles. The number of rotatable bonds is 0. The first-order valence-corrected chi connectivity index (χ1v) is 9.82. The van der Waals surface area contributed by atoms with Crippen molar-refractivity contribution in [2.24, 2.45) is 0 Å². The number of nitrogen functional groups attached to an aromatic ring is 1. The Morgan fingerprint density at radius 1 is 0.808 bits per heavy atom. The Bertz CT molecular complexity index is 716. The Kier molecular flexibility index (Phi) is 15.2. The van der Waals surface area contributed by atoms with Crippen LogP contribution in [0.2, 0.25) is 0 Å². The van der Waals surface area contributed by atoms with Crippen LogP contribution in [0.3, 0.4) is 0 Å². The monoisotopic (exact) mass is 453 g/mol. The van der Waals surface area contributed by atoms with Crippen molar-refractivity contribution in [2.75, 3.05) is 5.73 Å². The van der Waals surface area contributed by atoms with E-state index in [0.717, 1.165) is 0 Å². The molecule has 12 N–H and O–H groups in total. The summed E-state index contributed by atoms with van der Waals surface area (Å²) in [6.07, 6.45) is 2.92. The zero-order valence-electron chi connectivity index (χ0n) is 13.7. The molecule has 26 heavy (non-hydrogen) atoms. The summed E-state index contributed by atoms with van der Waals surface area (Å²) in [7, 11) is -13.9. The Morgan fingerprint density at radius 3 is 1.46 bits per heavy atom. The van der Waals surface area contributed by atoms with Gasteiger partial charge in [-0.15, -0.1) is 0 Å². The summed E-state index contributed by atoms with van der Waals surface area (Å²) in [6, 6.07) is 0. The fourth-order valence-electron chi connectivity index (χ4n) is 0.784. The van der Waals surface area contributed by atoms with E-state index in [-0.39, 0.29) is 31.0 Å². The Morgan fingerprint density at radius 2 is 1.15 bits per heavy atom. The van der Waals surface area contributed by atoms with Crippen molar-refractivity contribution in [3.05, 3.63) is 12.7 Å². The maximum absolute atomic E-state index is 8.88. The molecule has 2 aromatic rings. The van der Waals surface area contributed by atoms with Crippen LogP contribution in [0.4, 0.5) is 5.82 Å². The second kappa shape index (κ2) is 13.0. The minimum absolute atomic E-state index is 0. The average molecular weight is 453 g/mol. The van der Waals surface area contributed by atoms with Gasteiger partial charge in [0.1, 0.15) is 11.8 Å². The summed E-state index contributed by atoms with van der Waals surface area (Å²) in [4.78, 5) is 79.1. The van der Waals surface area contributed by atoms with Gasteiger partial charge in [0.15, 0.2) is 11.5 Å². The van der Waals surface area contributed by atoms with Crippen molar-refractivity contribution in [2.45, 2.75) is 0 Å². The van der Waals surface area contributed by atoms with E-state index in [9.17, 15) is 0 Å². The van der Waals surface area contributed by atoms with Gasteiger partial charge in [0.25, 0.3) is 0 Å². The molecule has 2 rings (SSSR count). The first kappa shape index (κ1) is 30.4. The van der Waals surface area contributed by atoms with E-state index in [4.69, 9.17) is 63.5 Å². The third kappa shape index (κ3) is 31.4. The first-order valence-electron chi connectivity index (χ1n) is 5.12. The predicted octanol–water partition coefficient (Wildman–Crippen LogP) is -5.73. The van der Waals surface area contributed by atoms with Gasteiger partial charge in [-0.1, -0.05) is 0 Å². The fraction of sp³-hybridized carbons (Fsp3) is 0. The number of aromatic nitrogens is 4. The van der Waals surface area contributed by atoms with E-state index in [0.29, 0.717) is 17.0 Å². The third-order valence-corrected chi connectivity index (χ3v) is 1.25. The molecule has 17 nitrogen and oxygen atoms in total. The fourth-order valence-corrected chi connectivity index (χ4v) is 0.784. The Hall–Kier alpha value is -0.320. The van der Waals surface area contributed by atoms with Crippen LogP contribution in [0.15, 0.2) is 12.7 Å². The number of nitrogens with zero attached hydrogens (tertiary/aromatic N) is 3. The molecule has 0 saturated carbocycles. The quantitative estimate of drug-likeness (QED) is 0.131. The standard InChI is InChI=1S/C5H5N5.Na.3H3O4P.H/c6-4-3-5(9-1-7-3)10-2-8-4;;3*1-5(2,3)4;/h1-2H,(H3,6,7,8,9,10);;3*(H3,1,2,3,4);/q;+1;;;;-1. The van der Waals surface area contributed by atoms with E-state index in [2.05, 4.69) is 19.9 Å². The summed E-state index contributed by atoms with van der Waals surface area (Å²) >= 11 is 0. The van der Waals surface area contributed by atoms with Crippen LogP contribution < -0.4 is 35.3 Å². The van der Waals surface area contributed by atoms with E-state index < -0.39 is 23.5 Å². The topological polar surface area (TPSA) is 314 Å². The molecule has 0 atom stereocenters. The van der Waals surface area contributed by atoms with Crippen molar-refractivity contribution < 1.29 is 88.7 Å². The van der Waals surface area contributed by atoms with E-state index in [1.807, 2.05) is 0 Å². The number of H-pyrrole nitrogens is 1. The molecule has 0 saturated heterocycles. The van der Waals surface area contributed by atoms with Gasteiger partial charge in [0.2, 0.25) is 0 Å². The second-order valence-corrected chi connectivity index (χ2v) is 6.48. The van der Waals surface area contributed by atoms with Gasteiger partial charge >= 0.3 is 53.0 Å². The summed E-state index contributed by atoms with van der Waals surface area (Å²) < 4.78 is 26.6. The van der Waals surface area contributed by atoms with Gasteiger partial charge in [0.05, 0.1) is 6.33 Å². The molecule has 0 fully saturated rings. The molecule has 148 valence electrons. The van der Waals surface area contributed by atoms with Gasteiger partial charge in [-0.3, -0.25) is 0 Å². The largest absolute Gasteiger partial charge is 1.00 e. The molecule has 0 aromatic carbocycles. The first-order chi connectivity index (χ1) is 10.9. The SMILES string of the molecule is Nc1ncnc2nc[nH]c12.O=P(O)(O)O.O=P(O)(O)O.O=P(O)(O)O.[H-].[Na+]. The summed E-state index contributed by atoms with van der Waals surface area (Å²) in [5.74, 6) is 0.433. The normalized spacial score (nSPS) is 10.8. The van der Waals surface area contributed by atoms with Gasteiger partial charge in [-0.05, 0) is 0 Å². The van der Waals surface area contributed by atoms with Crippen LogP contribution in [-0.4, -0.2) is 64.0 Å². The molecule has 0 radical (unpaired) electrons. The average Bonchev–Trinajstić information content (AvgIpc) is 2.71. The number of imidazole rings is 1. The van der Waals surface area contributed by atoms with Crippen LogP contribution in [0, 0.1) is 0 Å². The van der Waals surface area contributed by atoms with Crippen LogP contribution in [-0.2, 0) is 13.7 Å². The molecular formula is C5H15N5NaO12P3. The number of hydrogen-bond acceptors (Lipinski definition) is 7. The van der Waals surface area contributed by atoms with Crippen LogP contribution in [0.1, 0.15) is 1.43 Å². The molecular weight excluding hydrogens is 438 g/mol. The van der Waals surface area contributed by atoms with Crippen LogP contribution in [0.5, 0.6) is 0 Å². The molecule has 0 spiro atoms. The molecule has 0 bridgehead atoms. The maximum atomic E-state index is 8.88. The Balaban J connectivity index is -0.000000137. The van der Waals surface area contributed by atoms with Gasteiger partial charge < -0.3 is 56.2 Å². The molecule has 0 amide bonds. The smallest absolute Gasteiger partial charge is 1.00 e. The van der Waals surface area contributed by atoms with Crippen molar-refractivity contribution >= 4 is 40.4 Å². The molecule has 21 heteroatoms. The molecule has 2 aromatic heterocycles. The van der Waals surface area contributed by atoms with Gasteiger partial charge in [0, 0.05) is 0 Å². The number of phosphoric acid groups is 3. The summed E-state index contributed by atoms with van der Waals surface area (Å²) in [6.45, 7) is 0. The number of nitrogens with two attached hydrogens (primary N) is 1. The number of hydrogen-bond donors (Lipinski definition) is 11. The number of nitrogens with one attached hydrogen (secondary N) is 1. The van der Waals surface area contributed by atoms with Crippen molar-refractivity contribution in [3.63, 3.8) is 0 Å². The third-order valence-electron chi connectivity index (χ3n) is 1.25. The van der Waals surface area contributed by atoms with Crippen LogP contribution in [0.25, 0.3) is 11.2 Å². The Labute approximate surface area is 167 Å². The van der Waals surface area contributed by atoms with Crippen molar-refractivity contribution in [1.29, 1.82) is 0 Å². The zero-order valence-corrected chi connectivity index (χ0v) is 17.3. The molecule has 2 heterocycles. The van der Waals surface area contributed by atoms with E-state index >= 15 is 0 Å². The minimum atomic E-state index is -4.64. The van der Waals surface area contributed by atoms with Crippen LogP contribution >= 0.6 is 23.5 Å². The maximum Gasteiger partial charge on any atom is 1.00 e. The van der Waals surface area contributed by atoms with Gasteiger partial charge in [-0.25, -0.2) is 28.6 Å². The van der Waals surface area contributed by atoms with Crippen molar-refractivity contribution in [1.82, 2.24) is 19.9 Å². The molecule has 0 aliphatic heterocycles. The molecule has 0 aliphatic rings. The predicted molar refractivity (Wildman–Crippen MR) is 80.0 cm³/mol. The van der Waals surface area contributed by atoms with Gasteiger partial charge in [-0.2, -0.15) is 0 Å². The number of anilines is 1. The molecule has 0 unspecified atom stereocenters. The van der Waals surface area contributed by atoms with E-state index in [1.165, 1.54) is 12.7 Å². The van der Waals surface area contributed by atoms with Crippen molar-refractivity contribution in [3.8, 4) is 0 Å².